The molecule has 11 heteroatoms. The second kappa shape index (κ2) is 8.17. The molecule has 3 aromatic carbocycles. The summed E-state index contributed by atoms with van der Waals surface area (Å²) in [6, 6.07) is 18.4. The van der Waals surface area contributed by atoms with Gasteiger partial charge in [-0.2, -0.15) is 0 Å². The van der Waals surface area contributed by atoms with Gasteiger partial charge in [0.25, 0.3) is 15.7 Å². The summed E-state index contributed by atoms with van der Waals surface area (Å²) in [5.74, 6) is 0.165. The smallest absolute Gasteiger partial charge is 0.269 e. The third-order valence-electron chi connectivity index (χ3n) is 4.27. The zero-order valence-electron chi connectivity index (χ0n) is 15.7. The molecule has 0 aliphatic carbocycles. The van der Waals surface area contributed by atoms with Crippen molar-refractivity contribution in [3.63, 3.8) is 0 Å². The minimum absolute atomic E-state index is 0.0213. The number of para-hydroxylation sites is 2. The predicted octanol–water partition coefficient (Wildman–Crippen LogP) is 4.74. The molecule has 0 unspecified atom stereocenters. The number of fused-ring (bicyclic) bond motifs is 1. The zero-order valence-corrected chi connectivity index (χ0v) is 17.3. The van der Waals surface area contributed by atoms with E-state index in [9.17, 15) is 18.5 Å². The first kappa shape index (κ1) is 20.5. The third-order valence-corrected chi connectivity index (χ3v) is 5.87. The van der Waals surface area contributed by atoms with Crippen LogP contribution in [0.2, 0.25) is 5.02 Å². The molecule has 2 N–H and O–H groups in total. The molecule has 1 heterocycles. The lowest BCUT2D eigenvalue weighted by Gasteiger charge is -2.14. The number of hydrogen-bond donors (Lipinski definition) is 2. The van der Waals surface area contributed by atoms with Crippen molar-refractivity contribution in [2.75, 3.05) is 10.0 Å². The molecule has 0 fully saturated rings. The largest absolute Gasteiger partial charge is 0.337 e. The fourth-order valence-corrected chi connectivity index (χ4v) is 3.90. The number of hydrogen-bond acceptors (Lipinski definition) is 7. The van der Waals surface area contributed by atoms with Gasteiger partial charge in [-0.3, -0.25) is 14.8 Å². The number of aromatic nitrogens is 2. The van der Waals surface area contributed by atoms with E-state index in [-0.39, 0.29) is 22.2 Å². The molecule has 0 bridgehead atoms. The minimum atomic E-state index is -4.08. The summed E-state index contributed by atoms with van der Waals surface area (Å²) in [6.07, 6.45) is 0. The second-order valence-corrected chi connectivity index (χ2v) is 8.52. The number of non-ortho nitro benzene ring substituents is 1. The van der Waals surface area contributed by atoms with Crippen molar-refractivity contribution in [3.8, 4) is 0 Å². The van der Waals surface area contributed by atoms with Crippen LogP contribution in [-0.2, 0) is 10.0 Å². The summed E-state index contributed by atoms with van der Waals surface area (Å²) < 4.78 is 28.2. The van der Waals surface area contributed by atoms with Gasteiger partial charge < -0.3 is 5.32 Å². The molecule has 0 saturated heterocycles. The highest BCUT2D eigenvalue weighted by molar-refractivity contribution is 7.92. The number of rotatable bonds is 6. The van der Waals surface area contributed by atoms with Gasteiger partial charge in [0.05, 0.1) is 20.9 Å². The van der Waals surface area contributed by atoms with Crippen molar-refractivity contribution in [1.29, 1.82) is 0 Å². The molecule has 4 aromatic rings. The van der Waals surface area contributed by atoms with Crippen LogP contribution in [0.15, 0.2) is 77.7 Å². The Balaban J connectivity index is 1.74. The van der Waals surface area contributed by atoms with Gasteiger partial charge in [0.1, 0.15) is 0 Å². The van der Waals surface area contributed by atoms with Gasteiger partial charge in [-0.05, 0) is 48.5 Å². The van der Waals surface area contributed by atoms with Crippen molar-refractivity contribution < 1.29 is 13.3 Å². The van der Waals surface area contributed by atoms with Crippen molar-refractivity contribution in [3.05, 3.63) is 87.9 Å². The van der Waals surface area contributed by atoms with Crippen molar-refractivity contribution in [1.82, 2.24) is 9.97 Å². The van der Waals surface area contributed by atoms with Gasteiger partial charge in [-0.15, -0.1) is 0 Å². The Morgan fingerprint density at radius 1 is 0.839 bits per heavy atom. The SMILES string of the molecule is O=[N+]([O-])c1ccc(S(=O)(=O)Nc2nc3ccccc3nc2Nc2ccc(Cl)cc2)cc1. The highest BCUT2D eigenvalue weighted by atomic mass is 35.5. The highest BCUT2D eigenvalue weighted by Crippen LogP contribution is 2.28. The van der Waals surface area contributed by atoms with E-state index in [1.807, 2.05) is 0 Å². The number of sulfonamides is 1. The van der Waals surface area contributed by atoms with Gasteiger partial charge in [-0.1, -0.05) is 23.7 Å². The number of nitro benzene ring substituents is 1. The summed E-state index contributed by atoms with van der Waals surface area (Å²) in [5.41, 5.74) is 1.47. The van der Waals surface area contributed by atoms with Crippen LogP contribution >= 0.6 is 11.6 Å². The second-order valence-electron chi connectivity index (χ2n) is 6.40. The maximum Gasteiger partial charge on any atom is 0.269 e. The quantitative estimate of drug-likeness (QED) is 0.317. The van der Waals surface area contributed by atoms with Gasteiger partial charge in [0, 0.05) is 22.8 Å². The Kier molecular flexibility index (Phi) is 5.40. The average Bonchev–Trinajstić information content (AvgIpc) is 2.75. The molecule has 0 spiro atoms. The first-order valence-electron chi connectivity index (χ1n) is 8.88. The molecule has 4 rings (SSSR count). The van der Waals surface area contributed by atoms with E-state index in [2.05, 4.69) is 20.0 Å². The molecular weight excluding hydrogens is 442 g/mol. The molecule has 156 valence electrons. The molecule has 0 aliphatic rings. The first-order chi connectivity index (χ1) is 14.8. The van der Waals surface area contributed by atoms with Gasteiger partial charge in [0.2, 0.25) is 0 Å². The van der Waals surface area contributed by atoms with Crippen LogP contribution in [-0.4, -0.2) is 23.3 Å². The van der Waals surface area contributed by atoms with Gasteiger partial charge >= 0.3 is 0 Å². The number of benzene rings is 3. The molecule has 0 amide bonds. The topological polar surface area (TPSA) is 127 Å². The Labute approximate surface area is 181 Å². The van der Waals surface area contributed by atoms with E-state index in [1.165, 1.54) is 0 Å². The highest BCUT2D eigenvalue weighted by Gasteiger charge is 2.20. The fourth-order valence-electron chi connectivity index (χ4n) is 2.76. The van der Waals surface area contributed by atoms with Crippen molar-refractivity contribution in [2.24, 2.45) is 0 Å². The number of nitrogens with one attached hydrogen (secondary N) is 2. The van der Waals surface area contributed by atoms with Crippen LogP contribution < -0.4 is 10.0 Å². The Morgan fingerprint density at radius 3 is 2.00 bits per heavy atom. The number of nitrogens with zero attached hydrogens (tertiary/aromatic N) is 3. The van der Waals surface area contributed by atoms with Crippen molar-refractivity contribution in [2.45, 2.75) is 4.90 Å². The van der Waals surface area contributed by atoms with Crippen LogP contribution in [0.25, 0.3) is 11.0 Å². The Bertz CT molecular complexity index is 1380. The fraction of sp³-hybridized carbons (Fsp3) is 0. The number of nitro groups is 1. The summed E-state index contributed by atoms with van der Waals surface area (Å²) in [4.78, 5) is 19.0. The molecule has 0 aliphatic heterocycles. The summed E-state index contributed by atoms with van der Waals surface area (Å²) >= 11 is 5.92. The van der Waals surface area contributed by atoms with Crippen LogP contribution in [0.1, 0.15) is 0 Å². The molecule has 1 aromatic heterocycles. The number of anilines is 3. The average molecular weight is 456 g/mol. The van der Waals surface area contributed by atoms with Crippen molar-refractivity contribution >= 4 is 55.7 Å². The van der Waals surface area contributed by atoms with E-state index in [0.717, 1.165) is 24.3 Å². The molecule has 0 atom stereocenters. The van der Waals surface area contributed by atoms with E-state index in [1.54, 1.807) is 48.5 Å². The maximum absolute atomic E-state index is 12.9. The lowest BCUT2D eigenvalue weighted by atomic mass is 10.3. The molecule has 31 heavy (non-hydrogen) atoms. The summed E-state index contributed by atoms with van der Waals surface area (Å²) in [5, 5.41) is 14.4. The van der Waals surface area contributed by atoms with Crippen LogP contribution in [0.3, 0.4) is 0 Å². The Hall–Kier alpha value is -3.76. The standard InChI is InChI=1S/C20H14ClN5O4S/c21-13-5-7-14(8-6-13)22-19-20(24-18-4-2-1-3-17(18)23-19)25-31(29,30)16-11-9-15(10-12-16)26(27)28/h1-12H,(H,22,23)(H,24,25). The van der Waals surface area contributed by atoms with E-state index in [0.29, 0.717) is 21.7 Å². The van der Waals surface area contributed by atoms with Crippen LogP contribution in [0, 0.1) is 10.1 Å². The van der Waals surface area contributed by atoms with E-state index in [4.69, 9.17) is 11.6 Å². The normalized spacial score (nSPS) is 11.3. The summed E-state index contributed by atoms with van der Waals surface area (Å²) in [7, 11) is -4.08. The first-order valence-corrected chi connectivity index (χ1v) is 10.7. The Morgan fingerprint density at radius 2 is 1.42 bits per heavy atom. The van der Waals surface area contributed by atoms with Crippen LogP contribution in [0.5, 0.6) is 0 Å². The van der Waals surface area contributed by atoms with Crippen LogP contribution in [0.4, 0.5) is 23.0 Å². The predicted molar refractivity (Wildman–Crippen MR) is 118 cm³/mol. The molecular formula is C20H14ClN5O4S. The van der Waals surface area contributed by atoms with Gasteiger partial charge in [-0.25, -0.2) is 18.4 Å². The van der Waals surface area contributed by atoms with E-state index >= 15 is 0 Å². The molecule has 9 nitrogen and oxygen atoms in total. The third kappa shape index (κ3) is 4.55. The summed E-state index contributed by atoms with van der Waals surface area (Å²) in [6.45, 7) is 0. The lowest BCUT2D eigenvalue weighted by molar-refractivity contribution is -0.384. The minimum Gasteiger partial charge on any atom is -0.337 e. The lowest BCUT2D eigenvalue weighted by Crippen LogP contribution is -2.16. The molecule has 0 radical (unpaired) electrons. The number of halogens is 1. The van der Waals surface area contributed by atoms with E-state index < -0.39 is 14.9 Å². The molecule has 0 saturated carbocycles. The zero-order chi connectivity index (χ0) is 22.0. The maximum atomic E-state index is 12.9. The van der Waals surface area contributed by atoms with Gasteiger partial charge in [0.15, 0.2) is 11.6 Å². The monoisotopic (exact) mass is 455 g/mol.